The van der Waals surface area contributed by atoms with E-state index in [2.05, 4.69) is 26.6 Å². The summed E-state index contributed by atoms with van der Waals surface area (Å²) in [4.78, 5) is 6.58. The third kappa shape index (κ3) is 2.79. The number of aromatic nitrogens is 2. The van der Waals surface area contributed by atoms with E-state index in [0.29, 0.717) is 6.73 Å². The Labute approximate surface area is 113 Å². The third-order valence-electron chi connectivity index (χ3n) is 3.57. The number of hydrogen-bond donors (Lipinski definition) is 0. The van der Waals surface area contributed by atoms with Crippen molar-refractivity contribution in [1.29, 1.82) is 0 Å². The van der Waals surface area contributed by atoms with Gasteiger partial charge in [-0.05, 0) is 19.4 Å². The van der Waals surface area contributed by atoms with Crippen LogP contribution in [0.2, 0.25) is 0 Å². The van der Waals surface area contributed by atoms with Crippen molar-refractivity contribution in [2.75, 3.05) is 13.3 Å². The number of hydrogen-bond acceptors (Lipinski definition) is 3. The molecule has 1 aromatic carbocycles. The van der Waals surface area contributed by atoms with Crippen molar-refractivity contribution >= 4 is 0 Å². The first-order chi connectivity index (χ1) is 9.33. The van der Waals surface area contributed by atoms with Gasteiger partial charge in [0.05, 0.1) is 0 Å². The molecule has 0 N–H and O–H groups in total. The Balaban J connectivity index is 1.51. The average Bonchev–Trinajstić information content (AvgIpc) is 2.84. The molecule has 2 heterocycles. The van der Waals surface area contributed by atoms with Crippen molar-refractivity contribution in [3.8, 4) is 5.75 Å². The molecule has 0 saturated heterocycles. The minimum absolute atomic E-state index is 0.694. The second-order valence-electron chi connectivity index (χ2n) is 4.96. The summed E-state index contributed by atoms with van der Waals surface area (Å²) in [5.41, 5.74) is 1.28. The SMILES string of the molecule is Cc1nccn1CCCN1COc2ccccc2C1. The second kappa shape index (κ2) is 5.45. The topological polar surface area (TPSA) is 30.3 Å². The molecule has 0 radical (unpaired) electrons. The van der Waals surface area contributed by atoms with E-state index in [1.54, 1.807) is 0 Å². The molecule has 1 aliphatic rings. The number of imidazole rings is 1. The molecule has 0 saturated carbocycles. The van der Waals surface area contributed by atoms with Crippen LogP contribution in [0.4, 0.5) is 0 Å². The van der Waals surface area contributed by atoms with Crippen LogP contribution in [0.5, 0.6) is 5.75 Å². The van der Waals surface area contributed by atoms with E-state index in [1.165, 1.54) is 5.56 Å². The molecule has 100 valence electrons. The first-order valence-electron chi connectivity index (χ1n) is 6.74. The second-order valence-corrected chi connectivity index (χ2v) is 4.96. The molecule has 0 amide bonds. The molecule has 0 unspecified atom stereocenters. The van der Waals surface area contributed by atoms with Gasteiger partial charge in [0.25, 0.3) is 0 Å². The van der Waals surface area contributed by atoms with Crippen LogP contribution < -0.4 is 4.74 Å². The zero-order valence-corrected chi connectivity index (χ0v) is 11.2. The molecule has 0 fully saturated rings. The van der Waals surface area contributed by atoms with E-state index >= 15 is 0 Å². The summed E-state index contributed by atoms with van der Waals surface area (Å²) in [6, 6.07) is 8.28. The lowest BCUT2D eigenvalue weighted by molar-refractivity contribution is 0.0930. The zero-order valence-electron chi connectivity index (χ0n) is 11.2. The highest BCUT2D eigenvalue weighted by atomic mass is 16.5. The van der Waals surface area contributed by atoms with Gasteiger partial charge in [0, 0.05) is 37.6 Å². The maximum absolute atomic E-state index is 5.75. The zero-order chi connectivity index (χ0) is 13.1. The number of rotatable bonds is 4. The largest absolute Gasteiger partial charge is 0.478 e. The summed E-state index contributed by atoms with van der Waals surface area (Å²) in [5.74, 6) is 2.12. The maximum Gasteiger partial charge on any atom is 0.142 e. The number of nitrogens with zero attached hydrogens (tertiary/aromatic N) is 3. The quantitative estimate of drug-likeness (QED) is 0.842. The van der Waals surface area contributed by atoms with Gasteiger partial charge in [0.1, 0.15) is 18.3 Å². The van der Waals surface area contributed by atoms with Crippen LogP contribution >= 0.6 is 0 Å². The van der Waals surface area contributed by atoms with Crippen molar-refractivity contribution in [3.05, 3.63) is 48.0 Å². The summed E-state index contributed by atoms with van der Waals surface area (Å²) >= 11 is 0. The van der Waals surface area contributed by atoms with Crippen LogP contribution in [0.15, 0.2) is 36.7 Å². The molecule has 19 heavy (non-hydrogen) atoms. The van der Waals surface area contributed by atoms with Gasteiger partial charge >= 0.3 is 0 Å². The minimum Gasteiger partial charge on any atom is -0.478 e. The van der Waals surface area contributed by atoms with Crippen LogP contribution in [0, 0.1) is 6.92 Å². The van der Waals surface area contributed by atoms with E-state index in [4.69, 9.17) is 4.74 Å². The number of aryl methyl sites for hydroxylation is 2. The Hall–Kier alpha value is -1.81. The van der Waals surface area contributed by atoms with Crippen molar-refractivity contribution in [2.24, 2.45) is 0 Å². The van der Waals surface area contributed by atoms with E-state index in [-0.39, 0.29) is 0 Å². The van der Waals surface area contributed by atoms with E-state index < -0.39 is 0 Å². The lowest BCUT2D eigenvalue weighted by Crippen LogP contribution is -2.33. The molecule has 1 aromatic heterocycles. The Morgan fingerprint density at radius 1 is 1.26 bits per heavy atom. The molecule has 0 spiro atoms. The van der Waals surface area contributed by atoms with Crippen LogP contribution in [-0.4, -0.2) is 27.7 Å². The fourth-order valence-corrected chi connectivity index (χ4v) is 2.47. The minimum atomic E-state index is 0.694. The van der Waals surface area contributed by atoms with Gasteiger partial charge in [-0.3, -0.25) is 4.90 Å². The van der Waals surface area contributed by atoms with Crippen molar-refractivity contribution in [2.45, 2.75) is 26.4 Å². The van der Waals surface area contributed by atoms with Crippen LogP contribution in [0.25, 0.3) is 0 Å². The third-order valence-corrected chi connectivity index (χ3v) is 3.57. The van der Waals surface area contributed by atoms with Gasteiger partial charge in [0.2, 0.25) is 0 Å². The fourth-order valence-electron chi connectivity index (χ4n) is 2.47. The van der Waals surface area contributed by atoms with E-state index in [0.717, 1.165) is 37.6 Å². The Bertz CT molecular complexity index is 550. The normalized spacial score (nSPS) is 15.0. The number of para-hydroxylation sites is 1. The van der Waals surface area contributed by atoms with Gasteiger partial charge in [0.15, 0.2) is 0 Å². The molecule has 4 heteroatoms. The molecule has 0 bridgehead atoms. The molecule has 3 rings (SSSR count). The summed E-state index contributed by atoms with van der Waals surface area (Å²) in [6.07, 6.45) is 5.01. The standard InChI is InChI=1S/C15H19N3O/c1-13-16-7-10-18(13)9-4-8-17-11-14-5-2-3-6-15(14)19-12-17/h2-3,5-7,10H,4,8-9,11-12H2,1H3. The molecule has 0 aliphatic carbocycles. The van der Waals surface area contributed by atoms with Crippen molar-refractivity contribution in [3.63, 3.8) is 0 Å². The Morgan fingerprint density at radius 3 is 3.00 bits per heavy atom. The smallest absolute Gasteiger partial charge is 0.142 e. The number of fused-ring (bicyclic) bond motifs is 1. The van der Waals surface area contributed by atoms with E-state index in [1.807, 2.05) is 31.5 Å². The Kier molecular flexibility index (Phi) is 3.51. The highest BCUT2D eigenvalue weighted by molar-refractivity contribution is 5.34. The number of ether oxygens (including phenoxy) is 1. The van der Waals surface area contributed by atoms with Crippen molar-refractivity contribution < 1.29 is 4.74 Å². The molecule has 4 nitrogen and oxygen atoms in total. The summed E-state index contributed by atoms with van der Waals surface area (Å²) in [7, 11) is 0. The van der Waals surface area contributed by atoms with Gasteiger partial charge < -0.3 is 9.30 Å². The average molecular weight is 257 g/mol. The predicted octanol–water partition coefficient (Wildman–Crippen LogP) is 2.43. The first kappa shape index (κ1) is 12.2. The monoisotopic (exact) mass is 257 g/mol. The molecule has 0 atom stereocenters. The van der Waals surface area contributed by atoms with Gasteiger partial charge in [-0.25, -0.2) is 4.98 Å². The fraction of sp³-hybridized carbons (Fsp3) is 0.400. The maximum atomic E-state index is 5.75. The van der Waals surface area contributed by atoms with Gasteiger partial charge in [-0.2, -0.15) is 0 Å². The molecular weight excluding hydrogens is 238 g/mol. The van der Waals surface area contributed by atoms with Crippen LogP contribution in [0.1, 0.15) is 17.8 Å². The first-order valence-corrected chi connectivity index (χ1v) is 6.74. The lowest BCUT2D eigenvalue weighted by atomic mass is 10.1. The molecule has 1 aliphatic heterocycles. The van der Waals surface area contributed by atoms with Crippen LogP contribution in [0.3, 0.4) is 0 Å². The number of benzene rings is 1. The predicted molar refractivity (Wildman–Crippen MR) is 73.9 cm³/mol. The molecule has 2 aromatic rings. The summed E-state index contributed by atoms with van der Waals surface area (Å²) < 4.78 is 7.95. The van der Waals surface area contributed by atoms with Gasteiger partial charge in [-0.1, -0.05) is 18.2 Å². The molecular formula is C15H19N3O. The summed E-state index contributed by atoms with van der Waals surface area (Å²) in [6.45, 7) is 5.79. The highest BCUT2D eigenvalue weighted by Crippen LogP contribution is 2.24. The lowest BCUT2D eigenvalue weighted by Gasteiger charge is -2.28. The van der Waals surface area contributed by atoms with Crippen LogP contribution in [-0.2, 0) is 13.1 Å². The van der Waals surface area contributed by atoms with Crippen molar-refractivity contribution in [1.82, 2.24) is 14.5 Å². The van der Waals surface area contributed by atoms with Gasteiger partial charge in [-0.15, -0.1) is 0 Å². The Morgan fingerprint density at radius 2 is 2.16 bits per heavy atom. The highest BCUT2D eigenvalue weighted by Gasteiger charge is 2.15. The summed E-state index contributed by atoms with van der Waals surface area (Å²) in [5, 5.41) is 0. The van der Waals surface area contributed by atoms with E-state index in [9.17, 15) is 0 Å².